The van der Waals surface area contributed by atoms with Gasteiger partial charge in [0, 0.05) is 13.1 Å². The fourth-order valence-electron chi connectivity index (χ4n) is 5.08. The van der Waals surface area contributed by atoms with E-state index in [0.29, 0.717) is 18.0 Å². The Balaban J connectivity index is 1.31. The molecule has 2 aliphatic heterocycles. The van der Waals surface area contributed by atoms with Gasteiger partial charge in [-0.05, 0) is 80.7 Å². The normalized spacial score (nSPS) is 17.9. The largest absolute Gasteiger partial charge is 0.476 e. The lowest BCUT2D eigenvalue weighted by molar-refractivity contribution is -0.127. The summed E-state index contributed by atoms with van der Waals surface area (Å²) in [6, 6.07) is 20.4. The molecule has 200 valence electrons. The van der Waals surface area contributed by atoms with Crippen molar-refractivity contribution < 1.29 is 17.9 Å². The fraction of sp³-hybridized carbons (Fsp3) is 0.367. The van der Waals surface area contributed by atoms with Crippen LogP contribution >= 0.6 is 0 Å². The average molecular weight is 534 g/mol. The molecule has 0 aliphatic carbocycles. The van der Waals surface area contributed by atoms with Gasteiger partial charge in [0.2, 0.25) is 0 Å². The lowest BCUT2D eigenvalue weighted by atomic mass is 10.1. The topological polar surface area (TPSA) is 79.0 Å². The van der Waals surface area contributed by atoms with Crippen LogP contribution in [-0.4, -0.2) is 45.0 Å². The van der Waals surface area contributed by atoms with Crippen molar-refractivity contribution in [3.63, 3.8) is 0 Å². The maximum Gasteiger partial charge on any atom is 0.264 e. The molecule has 3 aromatic rings. The SMILES string of the molecule is Cc1ccc(S(=O)(=O)N2C[C@@H](C(=O)NCc3cccc(CN4CCCCC4)c3)Oc3cc(C)ccc32)cc1. The second-order valence-electron chi connectivity index (χ2n) is 10.3. The lowest BCUT2D eigenvalue weighted by Gasteiger charge is -2.35. The Morgan fingerprint density at radius 1 is 0.921 bits per heavy atom. The monoisotopic (exact) mass is 533 g/mol. The molecular weight excluding hydrogens is 498 g/mol. The molecule has 0 saturated carbocycles. The number of likely N-dealkylation sites (tertiary alicyclic amines) is 1. The molecule has 5 rings (SSSR count). The minimum atomic E-state index is -3.89. The highest BCUT2D eigenvalue weighted by molar-refractivity contribution is 7.92. The van der Waals surface area contributed by atoms with Gasteiger partial charge in [0.15, 0.2) is 6.10 Å². The van der Waals surface area contributed by atoms with Crippen molar-refractivity contribution in [2.75, 3.05) is 23.9 Å². The molecule has 2 aliphatic rings. The molecule has 2 heterocycles. The summed E-state index contributed by atoms with van der Waals surface area (Å²) in [5.74, 6) is 0.0401. The molecule has 1 saturated heterocycles. The van der Waals surface area contributed by atoms with E-state index in [2.05, 4.69) is 22.3 Å². The van der Waals surface area contributed by atoms with Gasteiger partial charge in [-0.15, -0.1) is 0 Å². The molecule has 0 spiro atoms. The van der Waals surface area contributed by atoms with Gasteiger partial charge in [0.25, 0.3) is 15.9 Å². The van der Waals surface area contributed by atoms with Crippen molar-refractivity contribution in [1.29, 1.82) is 0 Å². The Morgan fingerprint density at radius 3 is 2.39 bits per heavy atom. The number of amides is 1. The third-order valence-corrected chi connectivity index (χ3v) is 8.99. The molecule has 1 atom stereocenters. The van der Waals surface area contributed by atoms with E-state index in [1.807, 2.05) is 32.0 Å². The molecule has 1 fully saturated rings. The molecule has 0 radical (unpaired) electrons. The maximum atomic E-state index is 13.6. The summed E-state index contributed by atoms with van der Waals surface area (Å²) in [4.78, 5) is 15.9. The number of aryl methyl sites for hydroxylation is 2. The first kappa shape index (κ1) is 26.3. The van der Waals surface area contributed by atoms with Crippen molar-refractivity contribution >= 4 is 21.6 Å². The average Bonchev–Trinajstić information content (AvgIpc) is 2.92. The van der Waals surface area contributed by atoms with Crippen LogP contribution in [0.4, 0.5) is 5.69 Å². The third-order valence-electron chi connectivity index (χ3n) is 7.20. The molecule has 8 heteroatoms. The first-order valence-corrected chi connectivity index (χ1v) is 14.7. The number of benzene rings is 3. The number of nitrogens with one attached hydrogen (secondary N) is 1. The summed E-state index contributed by atoms with van der Waals surface area (Å²) >= 11 is 0. The van der Waals surface area contributed by atoms with Gasteiger partial charge in [-0.25, -0.2) is 8.42 Å². The van der Waals surface area contributed by atoms with Crippen molar-refractivity contribution in [2.45, 2.75) is 57.2 Å². The molecule has 38 heavy (non-hydrogen) atoms. The van der Waals surface area contributed by atoms with E-state index in [0.717, 1.165) is 36.3 Å². The third kappa shape index (κ3) is 5.87. The zero-order valence-corrected chi connectivity index (χ0v) is 22.8. The highest BCUT2D eigenvalue weighted by atomic mass is 32.2. The number of fused-ring (bicyclic) bond motifs is 1. The summed E-state index contributed by atoms with van der Waals surface area (Å²) in [5, 5.41) is 2.97. The fourth-order valence-corrected chi connectivity index (χ4v) is 6.56. The molecule has 1 amide bonds. The van der Waals surface area contributed by atoms with Gasteiger partial charge in [0.1, 0.15) is 5.75 Å². The Hall–Kier alpha value is -3.36. The number of nitrogens with zero attached hydrogens (tertiary/aromatic N) is 2. The minimum Gasteiger partial charge on any atom is -0.476 e. The van der Waals surface area contributed by atoms with E-state index in [-0.39, 0.29) is 17.3 Å². The Morgan fingerprint density at radius 2 is 1.63 bits per heavy atom. The molecule has 0 unspecified atom stereocenters. The van der Waals surface area contributed by atoms with Crippen LogP contribution in [0.1, 0.15) is 41.5 Å². The Bertz CT molecular complexity index is 1400. The molecular formula is C30H35N3O4S. The highest BCUT2D eigenvalue weighted by Crippen LogP contribution is 2.37. The standard InChI is InChI=1S/C30H35N3O4S/c1-22-9-12-26(13-10-22)38(35,36)33-21-29(37-28-17-23(2)11-14-27(28)33)30(34)31-19-24-7-6-8-25(18-24)20-32-15-4-3-5-16-32/h6-14,17-18,29H,3-5,15-16,19-21H2,1-2H3,(H,31,34)/t29-/m0/s1. The molecule has 0 aromatic heterocycles. The number of anilines is 1. The summed E-state index contributed by atoms with van der Waals surface area (Å²) in [6.45, 7) is 7.22. The van der Waals surface area contributed by atoms with Crippen LogP contribution in [0.15, 0.2) is 71.6 Å². The molecule has 0 bridgehead atoms. The summed E-state index contributed by atoms with van der Waals surface area (Å²) in [7, 11) is -3.89. The van der Waals surface area contributed by atoms with Crippen molar-refractivity contribution in [3.05, 3.63) is 89.0 Å². The van der Waals surface area contributed by atoms with E-state index in [4.69, 9.17) is 4.74 Å². The van der Waals surface area contributed by atoms with Crippen LogP contribution in [0.25, 0.3) is 0 Å². The second-order valence-corrected chi connectivity index (χ2v) is 12.2. The van der Waals surface area contributed by atoms with Crippen molar-refractivity contribution in [3.8, 4) is 5.75 Å². The van der Waals surface area contributed by atoms with E-state index >= 15 is 0 Å². The molecule has 3 aromatic carbocycles. The lowest BCUT2D eigenvalue weighted by Crippen LogP contribution is -2.50. The zero-order chi connectivity index (χ0) is 26.7. The van der Waals surface area contributed by atoms with Gasteiger partial charge in [-0.1, -0.05) is 54.4 Å². The number of piperidine rings is 1. The second kappa shape index (κ2) is 11.2. The predicted molar refractivity (Wildman–Crippen MR) is 149 cm³/mol. The van der Waals surface area contributed by atoms with Crippen LogP contribution in [-0.2, 0) is 27.9 Å². The van der Waals surface area contributed by atoms with Gasteiger partial charge in [0.05, 0.1) is 17.1 Å². The van der Waals surface area contributed by atoms with Gasteiger partial charge < -0.3 is 10.1 Å². The first-order valence-electron chi connectivity index (χ1n) is 13.2. The Kier molecular flexibility index (Phi) is 7.72. The van der Waals surface area contributed by atoms with Crippen LogP contribution in [0.3, 0.4) is 0 Å². The van der Waals surface area contributed by atoms with Crippen molar-refractivity contribution in [1.82, 2.24) is 10.2 Å². The van der Waals surface area contributed by atoms with E-state index < -0.39 is 16.1 Å². The van der Waals surface area contributed by atoms with Gasteiger partial charge >= 0.3 is 0 Å². The number of rotatable bonds is 7. The van der Waals surface area contributed by atoms with Gasteiger partial charge in [-0.2, -0.15) is 0 Å². The Labute approximate surface area is 225 Å². The predicted octanol–water partition coefficient (Wildman–Crippen LogP) is 4.56. The zero-order valence-electron chi connectivity index (χ0n) is 22.0. The molecule has 7 nitrogen and oxygen atoms in total. The molecule has 1 N–H and O–H groups in total. The smallest absolute Gasteiger partial charge is 0.264 e. The maximum absolute atomic E-state index is 13.6. The van der Waals surface area contributed by atoms with Crippen LogP contribution in [0.5, 0.6) is 5.75 Å². The van der Waals surface area contributed by atoms with Crippen LogP contribution in [0.2, 0.25) is 0 Å². The number of hydrogen-bond donors (Lipinski definition) is 1. The quantitative estimate of drug-likeness (QED) is 0.482. The summed E-state index contributed by atoms with van der Waals surface area (Å²) in [6.07, 6.45) is 2.83. The van der Waals surface area contributed by atoms with Crippen molar-refractivity contribution in [2.24, 2.45) is 0 Å². The minimum absolute atomic E-state index is 0.104. The van der Waals surface area contributed by atoms with Crippen LogP contribution in [0, 0.1) is 13.8 Å². The van der Waals surface area contributed by atoms with Crippen LogP contribution < -0.4 is 14.4 Å². The van der Waals surface area contributed by atoms with E-state index in [9.17, 15) is 13.2 Å². The number of ether oxygens (including phenoxy) is 1. The summed E-state index contributed by atoms with van der Waals surface area (Å²) < 4.78 is 34.6. The first-order chi connectivity index (χ1) is 18.3. The highest BCUT2D eigenvalue weighted by Gasteiger charge is 2.37. The van der Waals surface area contributed by atoms with Gasteiger partial charge in [-0.3, -0.25) is 14.0 Å². The van der Waals surface area contributed by atoms with E-state index in [1.54, 1.807) is 36.4 Å². The number of hydrogen-bond acceptors (Lipinski definition) is 5. The number of carbonyl (C=O) groups excluding carboxylic acids is 1. The number of carbonyl (C=O) groups is 1. The van der Waals surface area contributed by atoms with E-state index in [1.165, 1.54) is 29.1 Å². The summed E-state index contributed by atoms with van der Waals surface area (Å²) in [5.41, 5.74) is 4.56. The number of sulfonamides is 1.